The standard InChI is InChI=1S/C16H16F3N5S/c1-11(14-4-3-9-25-14)23(2)10-15-20-21-22-24(15)13-7-5-12(6-8-13)16(17,18)19/h3-9,11H,10H2,1-2H3. The predicted octanol–water partition coefficient (Wildman–Crippen LogP) is 3.94. The SMILES string of the molecule is CC(c1cccs1)N(C)Cc1nnnn1-c1ccc(C(F)(F)F)cc1. The number of aromatic nitrogens is 4. The molecule has 0 amide bonds. The number of halogens is 3. The Morgan fingerprint density at radius 3 is 2.52 bits per heavy atom. The Morgan fingerprint density at radius 1 is 1.20 bits per heavy atom. The zero-order valence-electron chi connectivity index (χ0n) is 13.6. The molecule has 0 aliphatic rings. The highest BCUT2D eigenvalue weighted by molar-refractivity contribution is 7.10. The van der Waals surface area contributed by atoms with E-state index >= 15 is 0 Å². The van der Waals surface area contributed by atoms with Crippen LogP contribution in [0.15, 0.2) is 41.8 Å². The van der Waals surface area contributed by atoms with E-state index in [0.29, 0.717) is 18.1 Å². The van der Waals surface area contributed by atoms with Gasteiger partial charge in [0.1, 0.15) is 0 Å². The molecule has 3 aromatic rings. The van der Waals surface area contributed by atoms with Gasteiger partial charge in [-0.3, -0.25) is 4.90 Å². The van der Waals surface area contributed by atoms with Crippen molar-refractivity contribution in [1.29, 1.82) is 0 Å². The lowest BCUT2D eigenvalue weighted by Gasteiger charge is -2.23. The molecule has 0 bridgehead atoms. The summed E-state index contributed by atoms with van der Waals surface area (Å²) in [6, 6.07) is 9.02. The molecule has 2 heterocycles. The van der Waals surface area contributed by atoms with Crippen LogP contribution in [-0.2, 0) is 12.7 Å². The highest BCUT2D eigenvalue weighted by Crippen LogP contribution is 2.30. The quantitative estimate of drug-likeness (QED) is 0.685. The number of alkyl halides is 3. The minimum Gasteiger partial charge on any atom is -0.291 e. The van der Waals surface area contributed by atoms with Gasteiger partial charge in [0.2, 0.25) is 0 Å². The average molecular weight is 367 g/mol. The van der Waals surface area contributed by atoms with Gasteiger partial charge in [0.05, 0.1) is 17.8 Å². The van der Waals surface area contributed by atoms with E-state index in [1.165, 1.54) is 21.7 Å². The molecule has 3 rings (SSSR count). The van der Waals surface area contributed by atoms with Crippen molar-refractivity contribution in [2.24, 2.45) is 0 Å². The van der Waals surface area contributed by atoms with E-state index in [1.807, 2.05) is 18.5 Å². The van der Waals surface area contributed by atoms with Gasteiger partial charge in [-0.1, -0.05) is 6.07 Å². The van der Waals surface area contributed by atoms with Gasteiger partial charge in [0.15, 0.2) is 5.82 Å². The Morgan fingerprint density at radius 2 is 1.92 bits per heavy atom. The van der Waals surface area contributed by atoms with E-state index in [1.54, 1.807) is 11.3 Å². The fourth-order valence-electron chi connectivity index (χ4n) is 2.40. The van der Waals surface area contributed by atoms with Crippen LogP contribution in [-0.4, -0.2) is 32.2 Å². The normalized spacial score (nSPS) is 13.4. The third kappa shape index (κ3) is 3.88. The largest absolute Gasteiger partial charge is 0.416 e. The van der Waals surface area contributed by atoms with Crippen molar-refractivity contribution in [1.82, 2.24) is 25.1 Å². The number of hydrogen-bond acceptors (Lipinski definition) is 5. The van der Waals surface area contributed by atoms with E-state index < -0.39 is 11.7 Å². The Balaban J connectivity index is 1.79. The topological polar surface area (TPSA) is 46.8 Å². The highest BCUT2D eigenvalue weighted by atomic mass is 32.1. The fraction of sp³-hybridized carbons (Fsp3) is 0.312. The minimum atomic E-state index is -4.36. The molecule has 1 atom stereocenters. The van der Waals surface area contributed by atoms with Gasteiger partial charge in [-0.2, -0.15) is 17.9 Å². The van der Waals surface area contributed by atoms with E-state index in [4.69, 9.17) is 0 Å². The number of nitrogens with zero attached hydrogens (tertiary/aromatic N) is 5. The second kappa shape index (κ2) is 6.93. The molecule has 25 heavy (non-hydrogen) atoms. The number of thiophene rings is 1. The van der Waals surface area contributed by atoms with Gasteiger partial charge >= 0.3 is 6.18 Å². The summed E-state index contributed by atoms with van der Waals surface area (Å²) in [7, 11) is 1.95. The summed E-state index contributed by atoms with van der Waals surface area (Å²) in [6.45, 7) is 2.55. The Bertz CT molecular complexity index is 811. The van der Waals surface area contributed by atoms with Crippen molar-refractivity contribution in [3.63, 3.8) is 0 Å². The van der Waals surface area contributed by atoms with Crippen LogP contribution < -0.4 is 0 Å². The smallest absolute Gasteiger partial charge is 0.291 e. The molecule has 0 aliphatic heterocycles. The maximum absolute atomic E-state index is 12.7. The molecule has 0 saturated heterocycles. The summed E-state index contributed by atoms with van der Waals surface area (Å²) < 4.78 is 39.5. The van der Waals surface area contributed by atoms with Gasteiger partial charge < -0.3 is 0 Å². The number of tetrazole rings is 1. The van der Waals surface area contributed by atoms with Crippen LogP contribution in [0.5, 0.6) is 0 Å². The molecule has 0 fully saturated rings. The van der Waals surface area contributed by atoms with E-state index in [9.17, 15) is 13.2 Å². The second-order valence-corrected chi connectivity index (χ2v) is 6.64. The van der Waals surface area contributed by atoms with Gasteiger partial charge in [-0.15, -0.1) is 16.4 Å². The summed E-state index contributed by atoms with van der Waals surface area (Å²) in [5, 5.41) is 13.6. The van der Waals surface area contributed by atoms with Crippen molar-refractivity contribution in [3.8, 4) is 5.69 Å². The molecular weight excluding hydrogens is 351 g/mol. The lowest BCUT2D eigenvalue weighted by molar-refractivity contribution is -0.137. The number of hydrogen-bond donors (Lipinski definition) is 0. The maximum Gasteiger partial charge on any atom is 0.416 e. The fourth-order valence-corrected chi connectivity index (χ4v) is 3.25. The molecule has 2 aromatic heterocycles. The lowest BCUT2D eigenvalue weighted by Crippen LogP contribution is -2.23. The van der Waals surface area contributed by atoms with Crippen LogP contribution in [0.1, 0.15) is 29.2 Å². The molecule has 1 aromatic carbocycles. The molecule has 0 N–H and O–H groups in total. The molecule has 0 spiro atoms. The van der Waals surface area contributed by atoms with Gasteiger partial charge in [-0.05, 0) is 60.1 Å². The van der Waals surface area contributed by atoms with Crippen LogP contribution in [0, 0.1) is 0 Å². The van der Waals surface area contributed by atoms with E-state index in [-0.39, 0.29) is 6.04 Å². The van der Waals surface area contributed by atoms with Crippen LogP contribution >= 0.6 is 11.3 Å². The Hall–Kier alpha value is -2.26. The van der Waals surface area contributed by atoms with Crippen molar-refractivity contribution in [2.45, 2.75) is 25.7 Å². The first-order valence-electron chi connectivity index (χ1n) is 7.55. The summed E-state index contributed by atoms with van der Waals surface area (Å²) in [5.41, 5.74) is -0.209. The summed E-state index contributed by atoms with van der Waals surface area (Å²) in [6.07, 6.45) is -4.36. The first kappa shape index (κ1) is 17.6. The zero-order chi connectivity index (χ0) is 18.0. The van der Waals surface area contributed by atoms with Crippen LogP contribution in [0.25, 0.3) is 5.69 Å². The third-order valence-corrected chi connectivity index (χ3v) is 5.02. The predicted molar refractivity (Wildman–Crippen MR) is 88.4 cm³/mol. The molecule has 9 heteroatoms. The maximum atomic E-state index is 12.7. The van der Waals surface area contributed by atoms with Gasteiger partial charge in [0, 0.05) is 10.9 Å². The molecule has 5 nitrogen and oxygen atoms in total. The van der Waals surface area contributed by atoms with E-state index in [0.717, 1.165) is 12.1 Å². The van der Waals surface area contributed by atoms with Crippen LogP contribution in [0.4, 0.5) is 13.2 Å². The molecular formula is C16H16F3N5S. The monoisotopic (exact) mass is 367 g/mol. The summed E-state index contributed by atoms with van der Waals surface area (Å²) in [5.74, 6) is 0.561. The Kier molecular flexibility index (Phi) is 4.87. The summed E-state index contributed by atoms with van der Waals surface area (Å²) in [4.78, 5) is 3.30. The molecule has 1 unspecified atom stereocenters. The van der Waals surface area contributed by atoms with Crippen molar-refractivity contribution in [3.05, 3.63) is 58.0 Å². The highest BCUT2D eigenvalue weighted by Gasteiger charge is 2.30. The first-order chi connectivity index (χ1) is 11.9. The average Bonchev–Trinajstić information content (AvgIpc) is 3.25. The van der Waals surface area contributed by atoms with Crippen molar-refractivity contribution in [2.75, 3.05) is 7.05 Å². The second-order valence-electron chi connectivity index (χ2n) is 5.66. The van der Waals surface area contributed by atoms with Gasteiger partial charge in [0.25, 0.3) is 0 Å². The minimum absolute atomic E-state index is 0.178. The first-order valence-corrected chi connectivity index (χ1v) is 8.43. The number of benzene rings is 1. The zero-order valence-corrected chi connectivity index (χ0v) is 14.4. The third-order valence-electron chi connectivity index (χ3n) is 3.98. The van der Waals surface area contributed by atoms with Crippen LogP contribution in [0.2, 0.25) is 0 Å². The van der Waals surface area contributed by atoms with E-state index in [2.05, 4.69) is 33.4 Å². The van der Waals surface area contributed by atoms with Crippen molar-refractivity contribution < 1.29 is 13.2 Å². The van der Waals surface area contributed by atoms with Crippen molar-refractivity contribution >= 4 is 11.3 Å². The molecule has 0 radical (unpaired) electrons. The molecule has 0 saturated carbocycles. The number of rotatable bonds is 5. The summed E-state index contributed by atoms with van der Waals surface area (Å²) >= 11 is 1.67. The molecule has 132 valence electrons. The lowest BCUT2D eigenvalue weighted by atomic mass is 10.2. The Labute approximate surface area is 146 Å². The van der Waals surface area contributed by atoms with Gasteiger partial charge in [-0.25, -0.2) is 0 Å². The molecule has 0 aliphatic carbocycles. The van der Waals surface area contributed by atoms with Crippen LogP contribution in [0.3, 0.4) is 0 Å².